The molecule has 17 heavy (non-hydrogen) atoms. The Bertz CT molecular complexity index is 243. The Balaban J connectivity index is 2.59. The van der Waals surface area contributed by atoms with Crippen LogP contribution in [0, 0.1) is 11.8 Å². The minimum absolute atomic E-state index is 0.257. The maximum Gasteiger partial charge on any atom is 0.0278 e. The van der Waals surface area contributed by atoms with Crippen LogP contribution in [0.15, 0.2) is 0 Å². The van der Waals surface area contributed by atoms with Gasteiger partial charge in [0.25, 0.3) is 0 Å². The Kier molecular flexibility index (Phi) is 4.65. The molecule has 0 radical (unpaired) electrons. The normalized spacial score (nSPS) is 26.1. The monoisotopic (exact) mass is 240 g/mol. The summed E-state index contributed by atoms with van der Waals surface area (Å²) in [6.07, 6.45) is 1.33. The Labute approximate surface area is 108 Å². The van der Waals surface area contributed by atoms with Gasteiger partial charge in [-0.05, 0) is 46.0 Å². The van der Waals surface area contributed by atoms with Crippen molar-refractivity contribution in [3.63, 3.8) is 0 Å². The van der Waals surface area contributed by atoms with Crippen molar-refractivity contribution < 1.29 is 0 Å². The van der Waals surface area contributed by atoms with Gasteiger partial charge in [0.2, 0.25) is 0 Å². The van der Waals surface area contributed by atoms with Crippen molar-refractivity contribution in [1.82, 2.24) is 10.2 Å². The molecular weight excluding hydrogens is 208 g/mol. The van der Waals surface area contributed by atoms with Gasteiger partial charge in [0, 0.05) is 30.7 Å². The highest BCUT2D eigenvalue weighted by atomic mass is 15.3. The second-order valence-corrected chi connectivity index (χ2v) is 7.67. The first-order valence-electron chi connectivity index (χ1n) is 7.12. The number of hydrogen-bond donors (Lipinski definition) is 1. The Morgan fingerprint density at radius 1 is 1.12 bits per heavy atom. The molecule has 0 saturated carbocycles. The van der Waals surface area contributed by atoms with E-state index >= 15 is 0 Å². The summed E-state index contributed by atoms with van der Waals surface area (Å²) in [6.45, 7) is 19.9. The SMILES string of the molecule is CC(C)CC(C)CN1CC(C)(C)NCC1(C)C. The van der Waals surface area contributed by atoms with Gasteiger partial charge in [-0.1, -0.05) is 20.8 Å². The Morgan fingerprint density at radius 3 is 2.24 bits per heavy atom. The summed E-state index contributed by atoms with van der Waals surface area (Å²) in [5.41, 5.74) is 0.549. The summed E-state index contributed by atoms with van der Waals surface area (Å²) >= 11 is 0. The molecule has 0 bridgehead atoms. The minimum Gasteiger partial charge on any atom is -0.309 e. The maximum absolute atomic E-state index is 3.65. The molecule has 1 N–H and O–H groups in total. The van der Waals surface area contributed by atoms with E-state index in [1.54, 1.807) is 0 Å². The third-order valence-electron chi connectivity index (χ3n) is 3.85. The molecule has 1 atom stereocenters. The molecule has 0 aliphatic carbocycles. The van der Waals surface area contributed by atoms with Crippen molar-refractivity contribution in [3.05, 3.63) is 0 Å². The smallest absolute Gasteiger partial charge is 0.0278 e. The van der Waals surface area contributed by atoms with E-state index < -0.39 is 0 Å². The zero-order chi connectivity index (χ0) is 13.3. The fraction of sp³-hybridized carbons (Fsp3) is 1.00. The van der Waals surface area contributed by atoms with Gasteiger partial charge in [-0.3, -0.25) is 4.90 Å². The summed E-state index contributed by atoms with van der Waals surface area (Å²) < 4.78 is 0. The van der Waals surface area contributed by atoms with Gasteiger partial charge in [-0.25, -0.2) is 0 Å². The van der Waals surface area contributed by atoms with E-state index in [2.05, 4.69) is 58.7 Å². The van der Waals surface area contributed by atoms with Crippen LogP contribution in [0.3, 0.4) is 0 Å². The zero-order valence-corrected chi connectivity index (χ0v) is 12.9. The average Bonchev–Trinajstić information content (AvgIpc) is 2.10. The van der Waals surface area contributed by atoms with Crippen molar-refractivity contribution in [2.75, 3.05) is 19.6 Å². The molecule has 102 valence electrons. The maximum atomic E-state index is 3.65. The van der Waals surface area contributed by atoms with E-state index in [1.165, 1.54) is 13.0 Å². The van der Waals surface area contributed by atoms with Crippen LogP contribution in [0.25, 0.3) is 0 Å². The zero-order valence-electron chi connectivity index (χ0n) is 12.9. The highest BCUT2D eigenvalue weighted by Gasteiger charge is 2.37. The first-order chi connectivity index (χ1) is 7.62. The highest BCUT2D eigenvalue weighted by Crippen LogP contribution is 2.25. The van der Waals surface area contributed by atoms with Crippen LogP contribution in [0.5, 0.6) is 0 Å². The molecule has 1 aliphatic rings. The molecule has 0 aromatic heterocycles. The summed E-state index contributed by atoms with van der Waals surface area (Å²) in [5, 5.41) is 3.65. The summed E-state index contributed by atoms with van der Waals surface area (Å²) in [7, 11) is 0. The predicted octanol–water partition coefficient (Wildman–Crippen LogP) is 3.13. The van der Waals surface area contributed by atoms with E-state index in [-0.39, 0.29) is 5.54 Å². The number of nitrogens with one attached hydrogen (secondary N) is 1. The van der Waals surface area contributed by atoms with Gasteiger partial charge in [0.05, 0.1) is 0 Å². The minimum atomic E-state index is 0.257. The van der Waals surface area contributed by atoms with Gasteiger partial charge in [0.1, 0.15) is 0 Å². The number of rotatable bonds is 4. The summed E-state index contributed by atoms with van der Waals surface area (Å²) in [6, 6.07) is 0. The van der Waals surface area contributed by atoms with Crippen molar-refractivity contribution in [2.45, 2.75) is 66.0 Å². The molecule has 0 aromatic carbocycles. The molecule has 1 unspecified atom stereocenters. The van der Waals surface area contributed by atoms with E-state index in [1.807, 2.05) is 0 Å². The Hall–Kier alpha value is -0.0800. The van der Waals surface area contributed by atoms with Gasteiger partial charge >= 0.3 is 0 Å². The molecule has 0 amide bonds. The predicted molar refractivity (Wildman–Crippen MR) is 76.4 cm³/mol. The first-order valence-corrected chi connectivity index (χ1v) is 7.12. The third-order valence-corrected chi connectivity index (χ3v) is 3.85. The van der Waals surface area contributed by atoms with Crippen LogP contribution in [0.4, 0.5) is 0 Å². The lowest BCUT2D eigenvalue weighted by Crippen LogP contribution is -2.66. The largest absolute Gasteiger partial charge is 0.309 e. The first kappa shape index (κ1) is 15.0. The quantitative estimate of drug-likeness (QED) is 0.812. The molecule has 1 aliphatic heterocycles. The number of piperazine rings is 1. The molecule has 2 nitrogen and oxygen atoms in total. The van der Waals surface area contributed by atoms with Crippen LogP contribution in [-0.2, 0) is 0 Å². The Morgan fingerprint density at radius 2 is 1.71 bits per heavy atom. The van der Waals surface area contributed by atoms with Crippen molar-refractivity contribution in [3.8, 4) is 0 Å². The fourth-order valence-corrected chi connectivity index (χ4v) is 2.88. The van der Waals surface area contributed by atoms with Crippen molar-refractivity contribution >= 4 is 0 Å². The molecule has 1 heterocycles. The van der Waals surface area contributed by atoms with E-state index in [0.717, 1.165) is 24.9 Å². The van der Waals surface area contributed by atoms with E-state index in [4.69, 9.17) is 0 Å². The number of nitrogens with zero attached hydrogens (tertiary/aromatic N) is 1. The van der Waals surface area contributed by atoms with Crippen molar-refractivity contribution in [2.24, 2.45) is 11.8 Å². The number of hydrogen-bond acceptors (Lipinski definition) is 2. The van der Waals surface area contributed by atoms with Crippen LogP contribution < -0.4 is 5.32 Å². The second kappa shape index (κ2) is 5.27. The van der Waals surface area contributed by atoms with Crippen LogP contribution in [-0.4, -0.2) is 35.6 Å². The van der Waals surface area contributed by atoms with Gasteiger partial charge in [-0.2, -0.15) is 0 Å². The summed E-state index contributed by atoms with van der Waals surface area (Å²) in [4.78, 5) is 2.68. The van der Waals surface area contributed by atoms with Gasteiger partial charge in [0.15, 0.2) is 0 Å². The van der Waals surface area contributed by atoms with Crippen LogP contribution >= 0.6 is 0 Å². The molecule has 1 fully saturated rings. The third kappa shape index (κ3) is 4.59. The van der Waals surface area contributed by atoms with Crippen molar-refractivity contribution in [1.29, 1.82) is 0 Å². The van der Waals surface area contributed by atoms with E-state index in [0.29, 0.717) is 5.54 Å². The summed E-state index contributed by atoms with van der Waals surface area (Å²) in [5.74, 6) is 1.60. The fourth-order valence-electron chi connectivity index (χ4n) is 2.88. The van der Waals surface area contributed by atoms with E-state index in [9.17, 15) is 0 Å². The molecule has 0 spiro atoms. The lowest BCUT2D eigenvalue weighted by Gasteiger charge is -2.50. The van der Waals surface area contributed by atoms with Crippen LogP contribution in [0.1, 0.15) is 54.9 Å². The standard InChI is InChI=1S/C15H32N2/c1-12(2)8-13(3)9-17-11-14(4,5)16-10-15(17,6)7/h12-13,16H,8-11H2,1-7H3. The van der Waals surface area contributed by atoms with Crippen LogP contribution in [0.2, 0.25) is 0 Å². The molecular formula is C15H32N2. The van der Waals surface area contributed by atoms with Gasteiger partial charge in [-0.15, -0.1) is 0 Å². The lowest BCUT2D eigenvalue weighted by atomic mass is 9.89. The molecule has 1 rings (SSSR count). The molecule has 0 aromatic rings. The molecule has 1 saturated heterocycles. The van der Waals surface area contributed by atoms with Gasteiger partial charge < -0.3 is 5.32 Å². The second-order valence-electron chi connectivity index (χ2n) is 7.67. The average molecular weight is 240 g/mol. The highest BCUT2D eigenvalue weighted by molar-refractivity contribution is 4.97. The molecule has 2 heteroatoms. The lowest BCUT2D eigenvalue weighted by molar-refractivity contribution is 0.0259. The topological polar surface area (TPSA) is 15.3 Å².